The normalized spacial score (nSPS) is 14.1. The summed E-state index contributed by atoms with van der Waals surface area (Å²) >= 11 is 0. The van der Waals surface area contributed by atoms with Gasteiger partial charge in [-0.2, -0.15) is 0 Å². The van der Waals surface area contributed by atoms with Crippen LogP contribution in [0.3, 0.4) is 0 Å². The Balaban J connectivity index is 1.49. The molecule has 10 nitrogen and oxygen atoms in total. The molecule has 1 aromatic heterocycles. The summed E-state index contributed by atoms with van der Waals surface area (Å²) in [6, 6.07) is 8.65. The van der Waals surface area contributed by atoms with E-state index in [4.69, 9.17) is 9.47 Å². The molecule has 1 saturated carbocycles. The SMILES string of the molecule is CC(C)CC(=O)NCCc1ccc(S(=O)(=O)NC(=O)c2ccc(OC(=O)OC3CCCCC3)nc2)cc1. The summed E-state index contributed by atoms with van der Waals surface area (Å²) in [5.41, 5.74) is 0.822. The second-order valence-electron chi connectivity index (χ2n) is 9.39. The van der Waals surface area contributed by atoms with E-state index < -0.39 is 22.1 Å². The fourth-order valence-corrected chi connectivity index (χ4v) is 4.84. The van der Waals surface area contributed by atoms with Gasteiger partial charge in [0.25, 0.3) is 15.9 Å². The van der Waals surface area contributed by atoms with Crippen molar-refractivity contribution in [3.8, 4) is 5.88 Å². The van der Waals surface area contributed by atoms with Crippen LogP contribution in [0.1, 0.15) is 68.3 Å². The molecule has 200 valence electrons. The Labute approximate surface area is 217 Å². The molecule has 11 heteroatoms. The van der Waals surface area contributed by atoms with Gasteiger partial charge in [0.15, 0.2) is 0 Å². The van der Waals surface area contributed by atoms with E-state index in [-0.39, 0.29) is 34.3 Å². The van der Waals surface area contributed by atoms with Crippen molar-refractivity contribution in [2.45, 2.75) is 69.8 Å². The lowest BCUT2D eigenvalue weighted by atomic mass is 9.98. The molecule has 0 spiro atoms. The van der Waals surface area contributed by atoms with Crippen molar-refractivity contribution >= 4 is 28.0 Å². The first kappa shape index (κ1) is 28.1. The van der Waals surface area contributed by atoms with E-state index in [9.17, 15) is 22.8 Å². The van der Waals surface area contributed by atoms with Crippen molar-refractivity contribution in [2.75, 3.05) is 6.54 Å². The summed E-state index contributed by atoms with van der Waals surface area (Å²) in [5, 5.41) is 2.83. The van der Waals surface area contributed by atoms with Crippen LogP contribution in [0.25, 0.3) is 0 Å². The topological polar surface area (TPSA) is 141 Å². The van der Waals surface area contributed by atoms with Gasteiger partial charge in [0, 0.05) is 25.2 Å². The van der Waals surface area contributed by atoms with Gasteiger partial charge >= 0.3 is 6.16 Å². The molecule has 0 unspecified atom stereocenters. The number of nitrogens with one attached hydrogen (secondary N) is 2. The van der Waals surface area contributed by atoms with Crippen LogP contribution in [0.15, 0.2) is 47.5 Å². The summed E-state index contributed by atoms with van der Waals surface area (Å²) in [6.07, 6.45) is 5.83. The number of sulfonamides is 1. The first-order valence-corrected chi connectivity index (χ1v) is 13.9. The monoisotopic (exact) mass is 531 g/mol. The van der Waals surface area contributed by atoms with Crippen LogP contribution in [0.4, 0.5) is 4.79 Å². The Morgan fingerprint density at radius 1 is 1.03 bits per heavy atom. The number of benzene rings is 1. The number of carbonyl (C=O) groups is 3. The van der Waals surface area contributed by atoms with Crippen molar-refractivity contribution in [2.24, 2.45) is 5.92 Å². The average molecular weight is 532 g/mol. The number of hydrogen-bond acceptors (Lipinski definition) is 8. The molecule has 3 rings (SSSR count). The van der Waals surface area contributed by atoms with Crippen molar-refractivity contribution in [1.82, 2.24) is 15.0 Å². The summed E-state index contributed by atoms with van der Waals surface area (Å²) in [6.45, 7) is 4.38. The van der Waals surface area contributed by atoms with E-state index in [0.29, 0.717) is 19.4 Å². The Hall–Kier alpha value is -3.47. The standard InChI is InChI=1S/C26H33N3O7S/c1-18(2)16-23(30)27-15-14-19-8-11-22(12-9-19)37(33,34)29-25(31)20-10-13-24(28-17-20)36-26(32)35-21-6-4-3-5-7-21/h8-13,17-18,21H,3-7,14-16H2,1-2H3,(H,27,30)(H,29,31). The molecule has 0 saturated heterocycles. The number of aromatic nitrogens is 1. The molecule has 2 aromatic rings. The second kappa shape index (κ2) is 13.2. The molecule has 37 heavy (non-hydrogen) atoms. The zero-order valence-corrected chi connectivity index (χ0v) is 21.9. The number of rotatable bonds is 10. The zero-order valence-electron chi connectivity index (χ0n) is 21.1. The van der Waals surface area contributed by atoms with Gasteiger partial charge in [0.1, 0.15) is 6.10 Å². The van der Waals surface area contributed by atoms with Crippen LogP contribution >= 0.6 is 0 Å². The van der Waals surface area contributed by atoms with Crippen molar-refractivity contribution in [3.05, 3.63) is 53.7 Å². The Morgan fingerprint density at radius 3 is 2.35 bits per heavy atom. The first-order valence-electron chi connectivity index (χ1n) is 12.4. The van der Waals surface area contributed by atoms with Crippen molar-refractivity contribution in [1.29, 1.82) is 0 Å². The number of amides is 2. The molecule has 1 aliphatic carbocycles. The van der Waals surface area contributed by atoms with Crippen molar-refractivity contribution in [3.63, 3.8) is 0 Å². The van der Waals surface area contributed by atoms with Crippen LogP contribution in [0.2, 0.25) is 0 Å². The third kappa shape index (κ3) is 9.16. The largest absolute Gasteiger partial charge is 0.515 e. The van der Waals surface area contributed by atoms with Crippen LogP contribution in [0.5, 0.6) is 5.88 Å². The highest BCUT2D eigenvalue weighted by Gasteiger charge is 2.21. The predicted molar refractivity (Wildman–Crippen MR) is 135 cm³/mol. The molecule has 0 radical (unpaired) electrons. The summed E-state index contributed by atoms with van der Waals surface area (Å²) in [4.78, 5) is 40.0. The van der Waals surface area contributed by atoms with E-state index in [2.05, 4.69) is 10.3 Å². The average Bonchev–Trinajstić information content (AvgIpc) is 2.84. The highest BCUT2D eigenvalue weighted by Crippen LogP contribution is 2.21. The third-order valence-corrected chi connectivity index (χ3v) is 7.14. The van der Waals surface area contributed by atoms with Gasteiger partial charge in [-0.25, -0.2) is 22.9 Å². The molecule has 1 aromatic carbocycles. The fraction of sp³-hybridized carbons (Fsp3) is 0.462. The number of pyridine rings is 1. The Morgan fingerprint density at radius 2 is 1.73 bits per heavy atom. The lowest BCUT2D eigenvalue weighted by molar-refractivity contribution is -0.121. The molecule has 1 fully saturated rings. The predicted octanol–water partition coefficient (Wildman–Crippen LogP) is 3.75. The summed E-state index contributed by atoms with van der Waals surface area (Å²) in [5.74, 6) is -0.682. The maximum atomic E-state index is 12.6. The van der Waals surface area contributed by atoms with E-state index >= 15 is 0 Å². The van der Waals surface area contributed by atoms with Crippen LogP contribution in [-0.2, 0) is 26.0 Å². The fourth-order valence-electron chi connectivity index (χ4n) is 3.87. The quantitative estimate of drug-likeness (QED) is 0.442. The minimum Gasteiger partial charge on any atom is -0.431 e. The molecular formula is C26H33N3O7S. The highest BCUT2D eigenvalue weighted by molar-refractivity contribution is 7.90. The van der Waals surface area contributed by atoms with Crippen LogP contribution in [0, 0.1) is 5.92 Å². The summed E-state index contributed by atoms with van der Waals surface area (Å²) < 4.78 is 37.6. The van der Waals surface area contributed by atoms with E-state index in [1.165, 1.54) is 24.3 Å². The van der Waals surface area contributed by atoms with Crippen LogP contribution < -0.4 is 14.8 Å². The van der Waals surface area contributed by atoms with E-state index in [1.54, 1.807) is 12.1 Å². The minimum atomic E-state index is -4.12. The molecule has 0 atom stereocenters. The minimum absolute atomic E-state index is 0.0228. The smallest absolute Gasteiger partial charge is 0.431 e. The lowest BCUT2D eigenvalue weighted by Gasteiger charge is -2.20. The van der Waals surface area contributed by atoms with Gasteiger partial charge in [0.2, 0.25) is 11.8 Å². The molecule has 1 heterocycles. The number of hydrogen-bond donors (Lipinski definition) is 2. The second-order valence-corrected chi connectivity index (χ2v) is 11.1. The molecular weight excluding hydrogens is 498 g/mol. The first-order chi connectivity index (χ1) is 17.6. The maximum Gasteiger partial charge on any atom is 0.515 e. The van der Waals surface area contributed by atoms with Gasteiger partial charge in [-0.15, -0.1) is 0 Å². The van der Waals surface area contributed by atoms with Crippen LogP contribution in [-0.4, -0.2) is 44.0 Å². The van der Waals surface area contributed by atoms with Gasteiger partial charge in [-0.3, -0.25) is 9.59 Å². The molecule has 0 aliphatic heterocycles. The Kier molecular flexibility index (Phi) is 10.0. The number of carbonyl (C=O) groups excluding carboxylic acids is 3. The zero-order chi connectivity index (χ0) is 26.8. The number of nitrogens with zero attached hydrogens (tertiary/aromatic N) is 1. The molecule has 0 bridgehead atoms. The summed E-state index contributed by atoms with van der Waals surface area (Å²) in [7, 11) is -4.12. The van der Waals surface area contributed by atoms with Gasteiger partial charge < -0.3 is 14.8 Å². The molecule has 2 N–H and O–H groups in total. The molecule has 1 aliphatic rings. The van der Waals surface area contributed by atoms with E-state index in [1.807, 2.05) is 18.6 Å². The van der Waals surface area contributed by atoms with E-state index in [0.717, 1.165) is 43.9 Å². The maximum absolute atomic E-state index is 12.6. The van der Waals surface area contributed by atoms with Gasteiger partial charge in [-0.1, -0.05) is 32.4 Å². The van der Waals surface area contributed by atoms with Gasteiger partial charge in [0.05, 0.1) is 10.5 Å². The third-order valence-electron chi connectivity index (χ3n) is 5.79. The Bertz CT molecular complexity index is 1170. The lowest BCUT2D eigenvalue weighted by Crippen LogP contribution is -2.30. The highest BCUT2D eigenvalue weighted by atomic mass is 32.2. The van der Waals surface area contributed by atoms with Gasteiger partial charge in [-0.05, 0) is 61.8 Å². The van der Waals surface area contributed by atoms with Crippen molar-refractivity contribution < 1.29 is 32.3 Å². The number of ether oxygens (including phenoxy) is 2. The molecule has 2 amide bonds.